The highest BCUT2D eigenvalue weighted by atomic mass is 19.1. The van der Waals surface area contributed by atoms with Crippen LogP contribution >= 0.6 is 0 Å². The van der Waals surface area contributed by atoms with Crippen LogP contribution in [0.15, 0.2) is 42.7 Å². The molecule has 6 nitrogen and oxygen atoms in total. The maximum absolute atomic E-state index is 12.2. The van der Waals surface area contributed by atoms with Gasteiger partial charge in [0, 0.05) is 18.0 Å². The van der Waals surface area contributed by atoms with E-state index in [-0.39, 0.29) is 12.3 Å². The molecule has 2 heterocycles. The number of rotatable bonds is 5. The van der Waals surface area contributed by atoms with Crippen molar-refractivity contribution < 1.29 is 13.9 Å². The number of primary amides is 1. The van der Waals surface area contributed by atoms with Crippen molar-refractivity contribution >= 4 is 11.7 Å². The van der Waals surface area contributed by atoms with E-state index in [0.717, 1.165) is 5.56 Å². The molecule has 0 atom stereocenters. The molecule has 2 N–H and O–H groups in total. The molecule has 112 valence electrons. The summed E-state index contributed by atoms with van der Waals surface area (Å²) in [7, 11) is 0. The van der Waals surface area contributed by atoms with Crippen molar-refractivity contribution in [3.8, 4) is 17.0 Å². The fraction of sp³-hybridized carbons (Fsp3) is 0.133. The lowest BCUT2D eigenvalue weighted by atomic mass is 10.1. The van der Waals surface area contributed by atoms with Gasteiger partial charge in [-0.15, -0.1) is 0 Å². The Morgan fingerprint density at radius 2 is 2.18 bits per heavy atom. The van der Waals surface area contributed by atoms with Crippen LogP contribution < -0.4 is 10.5 Å². The monoisotopic (exact) mass is 300 g/mol. The molecular weight excluding hydrogens is 287 g/mol. The molecule has 3 aromatic rings. The predicted octanol–water partition coefficient (Wildman–Crippen LogP) is 1.84. The van der Waals surface area contributed by atoms with Gasteiger partial charge >= 0.3 is 0 Å². The first-order valence-corrected chi connectivity index (χ1v) is 6.62. The summed E-state index contributed by atoms with van der Waals surface area (Å²) in [4.78, 5) is 19.6. The number of halogens is 1. The summed E-state index contributed by atoms with van der Waals surface area (Å²) in [6, 6.07) is 8.71. The topological polar surface area (TPSA) is 82.5 Å². The average Bonchev–Trinajstić information content (AvgIpc) is 2.96. The Balaban J connectivity index is 1.97. The lowest BCUT2D eigenvalue weighted by Gasteiger charge is -2.04. The molecule has 0 radical (unpaired) electrons. The number of benzene rings is 1. The number of aromatic nitrogens is 3. The normalized spacial score (nSPS) is 10.8. The third-order valence-corrected chi connectivity index (χ3v) is 3.05. The quantitative estimate of drug-likeness (QED) is 0.779. The Hall–Kier alpha value is -2.96. The summed E-state index contributed by atoms with van der Waals surface area (Å²) in [6.07, 6.45) is 3.45. The highest BCUT2D eigenvalue weighted by Crippen LogP contribution is 2.23. The van der Waals surface area contributed by atoms with Gasteiger partial charge in [0.25, 0.3) is 5.91 Å². The number of nitrogens with two attached hydrogens (primary N) is 1. The number of hydrogen-bond donors (Lipinski definition) is 1. The SMILES string of the molecule is NC(=O)c1ccn2cc(-c3cccc(OCCF)c3)nc2n1. The summed E-state index contributed by atoms with van der Waals surface area (Å²) in [5, 5.41) is 0. The van der Waals surface area contributed by atoms with E-state index in [9.17, 15) is 9.18 Å². The van der Waals surface area contributed by atoms with E-state index in [0.29, 0.717) is 17.2 Å². The zero-order valence-electron chi connectivity index (χ0n) is 11.6. The van der Waals surface area contributed by atoms with Gasteiger partial charge in [-0.3, -0.25) is 9.20 Å². The number of carbonyl (C=O) groups excluding carboxylic acids is 1. The maximum atomic E-state index is 12.2. The van der Waals surface area contributed by atoms with Gasteiger partial charge in [-0.05, 0) is 18.2 Å². The van der Waals surface area contributed by atoms with Crippen LogP contribution in [0.25, 0.3) is 17.0 Å². The largest absolute Gasteiger partial charge is 0.491 e. The van der Waals surface area contributed by atoms with Crippen LogP contribution in [-0.4, -0.2) is 33.6 Å². The van der Waals surface area contributed by atoms with Crippen molar-refractivity contribution in [2.45, 2.75) is 0 Å². The van der Waals surface area contributed by atoms with Crippen molar-refractivity contribution in [2.24, 2.45) is 5.73 Å². The third kappa shape index (κ3) is 2.73. The van der Waals surface area contributed by atoms with Gasteiger partial charge in [0.2, 0.25) is 5.78 Å². The fourth-order valence-electron chi connectivity index (χ4n) is 2.05. The lowest BCUT2D eigenvalue weighted by molar-refractivity contribution is 0.0995. The standard InChI is InChI=1S/C15H13FN4O2/c16-5-7-22-11-3-1-2-10(8-11)13-9-20-6-4-12(14(17)21)18-15(20)19-13/h1-4,6,8-9H,5,7H2,(H2,17,21). The Morgan fingerprint density at radius 1 is 1.32 bits per heavy atom. The van der Waals surface area contributed by atoms with Crippen LogP contribution in [0.2, 0.25) is 0 Å². The van der Waals surface area contributed by atoms with Crippen LogP contribution in [0, 0.1) is 0 Å². The van der Waals surface area contributed by atoms with Gasteiger partial charge in [0.15, 0.2) is 0 Å². The first kappa shape index (κ1) is 14.0. The third-order valence-electron chi connectivity index (χ3n) is 3.05. The smallest absolute Gasteiger partial charge is 0.267 e. The number of amides is 1. The Labute approximate surface area is 125 Å². The molecule has 0 spiro atoms. The first-order valence-electron chi connectivity index (χ1n) is 6.62. The molecule has 7 heteroatoms. The van der Waals surface area contributed by atoms with Gasteiger partial charge in [-0.25, -0.2) is 14.4 Å². The number of fused-ring (bicyclic) bond motifs is 1. The van der Waals surface area contributed by atoms with Crippen LogP contribution in [0.3, 0.4) is 0 Å². The molecular formula is C15H13FN4O2. The van der Waals surface area contributed by atoms with E-state index >= 15 is 0 Å². The number of alkyl halides is 1. The minimum absolute atomic E-state index is 0.0121. The summed E-state index contributed by atoms with van der Waals surface area (Å²) >= 11 is 0. The molecule has 0 saturated heterocycles. The van der Waals surface area contributed by atoms with E-state index < -0.39 is 12.6 Å². The molecule has 0 aliphatic rings. The molecule has 3 rings (SSSR count). The Kier molecular flexibility index (Phi) is 3.69. The predicted molar refractivity (Wildman–Crippen MR) is 78.4 cm³/mol. The summed E-state index contributed by atoms with van der Waals surface area (Å²) in [5.74, 6) is 0.341. The van der Waals surface area contributed by atoms with Gasteiger partial charge in [-0.2, -0.15) is 0 Å². The minimum atomic E-state index is -0.603. The van der Waals surface area contributed by atoms with E-state index in [1.165, 1.54) is 6.07 Å². The van der Waals surface area contributed by atoms with E-state index in [1.54, 1.807) is 35.0 Å². The Bertz CT molecular complexity index is 831. The van der Waals surface area contributed by atoms with E-state index in [2.05, 4.69) is 9.97 Å². The second-order valence-electron chi connectivity index (χ2n) is 4.58. The number of nitrogens with zero attached hydrogens (tertiary/aromatic N) is 3. The van der Waals surface area contributed by atoms with Crippen molar-refractivity contribution in [1.29, 1.82) is 0 Å². The molecule has 1 amide bonds. The molecule has 0 aliphatic carbocycles. The lowest BCUT2D eigenvalue weighted by Crippen LogP contribution is -2.13. The van der Waals surface area contributed by atoms with E-state index in [4.69, 9.17) is 10.5 Å². The maximum Gasteiger partial charge on any atom is 0.267 e. The number of carbonyl (C=O) groups is 1. The number of hydrogen-bond acceptors (Lipinski definition) is 4. The molecule has 0 fully saturated rings. The summed E-state index contributed by atoms with van der Waals surface area (Å²) in [5.41, 5.74) is 6.83. The molecule has 0 saturated carbocycles. The molecule has 0 bridgehead atoms. The van der Waals surface area contributed by atoms with Crippen molar-refractivity contribution in [1.82, 2.24) is 14.4 Å². The van der Waals surface area contributed by atoms with Crippen molar-refractivity contribution in [3.05, 3.63) is 48.4 Å². The van der Waals surface area contributed by atoms with Gasteiger partial charge in [-0.1, -0.05) is 12.1 Å². The second kappa shape index (κ2) is 5.80. The highest BCUT2D eigenvalue weighted by molar-refractivity contribution is 5.91. The van der Waals surface area contributed by atoms with Crippen LogP contribution in [0.4, 0.5) is 4.39 Å². The molecule has 22 heavy (non-hydrogen) atoms. The van der Waals surface area contributed by atoms with Crippen LogP contribution in [-0.2, 0) is 0 Å². The van der Waals surface area contributed by atoms with E-state index in [1.807, 2.05) is 6.07 Å². The first-order chi connectivity index (χ1) is 10.7. The van der Waals surface area contributed by atoms with Gasteiger partial charge < -0.3 is 10.5 Å². The fourth-order valence-corrected chi connectivity index (χ4v) is 2.05. The Morgan fingerprint density at radius 3 is 2.95 bits per heavy atom. The molecule has 2 aromatic heterocycles. The van der Waals surface area contributed by atoms with Crippen LogP contribution in [0.1, 0.15) is 10.5 Å². The molecule has 1 aromatic carbocycles. The van der Waals surface area contributed by atoms with Gasteiger partial charge in [0.05, 0.1) is 5.69 Å². The zero-order valence-corrected chi connectivity index (χ0v) is 11.6. The highest BCUT2D eigenvalue weighted by Gasteiger charge is 2.09. The summed E-state index contributed by atoms with van der Waals surface area (Å²) in [6.45, 7) is -0.531. The molecule has 0 unspecified atom stereocenters. The second-order valence-corrected chi connectivity index (χ2v) is 4.58. The summed E-state index contributed by atoms with van der Waals surface area (Å²) < 4.78 is 19.1. The minimum Gasteiger partial charge on any atom is -0.491 e. The van der Waals surface area contributed by atoms with Crippen molar-refractivity contribution in [2.75, 3.05) is 13.3 Å². The van der Waals surface area contributed by atoms with Crippen molar-refractivity contribution in [3.63, 3.8) is 0 Å². The van der Waals surface area contributed by atoms with Gasteiger partial charge in [0.1, 0.15) is 24.7 Å². The number of imidazole rings is 1. The zero-order chi connectivity index (χ0) is 15.5. The van der Waals surface area contributed by atoms with Crippen LogP contribution in [0.5, 0.6) is 5.75 Å². The number of ether oxygens (including phenoxy) is 1. The molecule has 0 aliphatic heterocycles. The average molecular weight is 300 g/mol.